The molecule has 0 aromatic heterocycles. The average Bonchev–Trinajstić information content (AvgIpc) is 2.70. The minimum atomic E-state index is -3.51. The number of nitrogens with two attached hydrogens (primary N) is 1. The highest BCUT2D eigenvalue weighted by atomic mass is 32.2. The Bertz CT molecular complexity index is 948. The maximum absolute atomic E-state index is 12.7. The van der Waals surface area contributed by atoms with Gasteiger partial charge < -0.3 is 11.1 Å². The lowest BCUT2D eigenvalue weighted by molar-refractivity contribution is -0.117. The van der Waals surface area contributed by atoms with Crippen molar-refractivity contribution in [3.63, 3.8) is 0 Å². The van der Waals surface area contributed by atoms with Gasteiger partial charge in [-0.3, -0.25) is 9.59 Å². The van der Waals surface area contributed by atoms with Crippen molar-refractivity contribution in [2.45, 2.75) is 30.6 Å². The normalized spacial score (nSPS) is 15.1. The molecule has 0 atom stereocenters. The van der Waals surface area contributed by atoms with Gasteiger partial charge >= 0.3 is 0 Å². The van der Waals surface area contributed by atoms with Crippen LogP contribution in [-0.2, 0) is 21.2 Å². The van der Waals surface area contributed by atoms with Gasteiger partial charge in [0.15, 0.2) is 0 Å². The topological polar surface area (TPSA) is 110 Å². The van der Waals surface area contributed by atoms with Gasteiger partial charge in [0.05, 0.1) is 11.3 Å². The summed E-state index contributed by atoms with van der Waals surface area (Å²) >= 11 is 0. The van der Waals surface area contributed by atoms with E-state index in [-0.39, 0.29) is 17.2 Å². The first kappa shape index (κ1) is 20.0. The third-order valence-electron chi connectivity index (χ3n) is 4.66. The number of hydrogen-bond acceptors (Lipinski definition) is 4. The zero-order chi connectivity index (χ0) is 20.1. The minimum absolute atomic E-state index is 0.140. The van der Waals surface area contributed by atoms with E-state index in [9.17, 15) is 18.0 Å². The molecular formula is C20H23N3O4S. The Hall–Kier alpha value is -2.71. The zero-order valence-corrected chi connectivity index (χ0v) is 16.2. The highest BCUT2D eigenvalue weighted by Gasteiger charge is 2.25. The molecule has 148 valence electrons. The van der Waals surface area contributed by atoms with Crippen LogP contribution in [0.4, 0.5) is 5.69 Å². The molecule has 1 aliphatic rings. The summed E-state index contributed by atoms with van der Waals surface area (Å²) in [7, 11) is -3.51. The molecule has 0 spiro atoms. The maximum Gasteiger partial charge on any atom is 0.255 e. The largest absolute Gasteiger partial charge is 0.369 e. The number of amides is 2. The number of rotatable bonds is 6. The molecule has 0 radical (unpaired) electrons. The fourth-order valence-corrected chi connectivity index (χ4v) is 4.66. The number of piperidine rings is 1. The Morgan fingerprint density at radius 2 is 1.54 bits per heavy atom. The van der Waals surface area contributed by atoms with Crippen LogP contribution in [0.3, 0.4) is 0 Å². The predicted octanol–water partition coefficient (Wildman–Crippen LogP) is 2.14. The first-order valence-corrected chi connectivity index (χ1v) is 10.6. The SMILES string of the molecule is NC(=O)Cc1ccc(NC(=O)c2ccc(S(=O)(=O)N3CCCCC3)cc2)cc1. The Labute approximate surface area is 164 Å². The van der Waals surface area contributed by atoms with Crippen molar-refractivity contribution in [2.24, 2.45) is 5.73 Å². The summed E-state index contributed by atoms with van der Waals surface area (Å²) in [5.74, 6) is -0.763. The van der Waals surface area contributed by atoms with Crippen LogP contribution in [0.2, 0.25) is 0 Å². The molecule has 3 rings (SSSR count). The molecule has 0 unspecified atom stereocenters. The van der Waals surface area contributed by atoms with Gasteiger partial charge in [0.25, 0.3) is 5.91 Å². The number of carbonyl (C=O) groups is 2. The lowest BCUT2D eigenvalue weighted by Gasteiger charge is -2.25. The monoisotopic (exact) mass is 401 g/mol. The van der Waals surface area contributed by atoms with E-state index in [1.54, 1.807) is 24.3 Å². The highest BCUT2D eigenvalue weighted by Crippen LogP contribution is 2.21. The smallest absolute Gasteiger partial charge is 0.255 e. The maximum atomic E-state index is 12.7. The fraction of sp³-hybridized carbons (Fsp3) is 0.300. The van der Waals surface area contributed by atoms with E-state index < -0.39 is 15.9 Å². The van der Waals surface area contributed by atoms with Gasteiger partial charge in [-0.05, 0) is 54.8 Å². The van der Waals surface area contributed by atoms with E-state index in [0.717, 1.165) is 24.8 Å². The summed E-state index contributed by atoms with van der Waals surface area (Å²) in [5, 5.41) is 2.75. The molecule has 1 heterocycles. The number of carbonyl (C=O) groups excluding carboxylic acids is 2. The first-order chi connectivity index (χ1) is 13.4. The second-order valence-corrected chi connectivity index (χ2v) is 8.72. The minimum Gasteiger partial charge on any atom is -0.369 e. The second-order valence-electron chi connectivity index (χ2n) is 6.78. The summed E-state index contributed by atoms with van der Waals surface area (Å²) in [6.07, 6.45) is 2.94. The number of nitrogens with zero attached hydrogens (tertiary/aromatic N) is 1. The summed E-state index contributed by atoms with van der Waals surface area (Å²) < 4.78 is 26.8. The number of sulfonamides is 1. The fourth-order valence-electron chi connectivity index (χ4n) is 3.14. The van der Waals surface area contributed by atoms with Gasteiger partial charge in [-0.1, -0.05) is 18.6 Å². The zero-order valence-electron chi connectivity index (χ0n) is 15.4. The molecule has 3 N–H and O–H groups in total. The molecule has 7 nitrogen and oxygen atoms in total. The van der Waals surface area contributed by atoms with E-state index in [0.29, 0.717) is 24.3 Å². The van der Waals surface area contributed by atoms with Crippen LogP contribution in [0.15, 0.2) is 53.4 Å². The lowest BCUT2D eigenvalue weighted by Crippen LogP contribution is -2.35. The molecular weight excluding hydrogens is 378 g/mol. The van der Waals surface area contributed by atoms with Crippen LogP contribution in [-0.4, -0.2) is 37.6 Å². The molecule has 2 amide bonds. The predicted molar refractivity (Wildman–Crippen MR) is 106 cm³/mol. The van der Waals surface area contributed by atoms with Crippen LogP contribution in [0.1, 0.15) is 35.2 Å². The van der Waals surface area contributed by atoms with Crippen LogP contribution < -0.4 is 11.1 Å². The standard InChI is InChI=1S/C20H23N3O4S/c21-19(24)14-15-4-8-17(9-5-15)22-20(25)16-6-10-18(11-7-16)28(26,27)23-12-2-1-3-13-23/h4-11H,1-3,12-14H2,(H2,21,24)(H,22,25). The van der Waals surface area contributed by atoms with E-state index in [1.807, 2.05) is 0 Å². The van der Waals surface area contributed by atoms with Crippen LogP contribution >= 0.6 is 0 Å². The Balaban J connectivity index is 1.67. The Morgan fingerprint density at radius 3 is 2.11 bits per heavy atom. The van der Waals surface area contributed by atoms with Crippen LogP contribution in [0.25, 0.3) is 0 Å². The van der Waals surface area contributed by atoms with E-state index in [2.05, 4.69) is 5.32 Å². The van der Waals surface area contributed by atoms with E-state index in [1.165, 1.54) is 28.6 Å². The molecule has 28 heavy (non-hydrogen) atoms. The van der Waals surface area contributed by atoms with E-state index >= 15 is 0 Å². The first-order valence-electron chi connectivity index (χ1n) is 9.15. The van der Waals surface area contributed by atoms with Crippen LogP contribution in [0, 0.1) is 0 Å². The second kappa shape index (κ2) is 8.53. The molecule has 1 saturated heterocycles. The third-order valence-corrected chi connectivity index (χ3v) is 6.57. The quantitative estimate of drug-likeness (QED) is 0.773. The van der Waals surface area contributed by atoms with Crippen LogP contribution in [0.5, 0.6) is 0 Å². The number of hydrogen-bond donors (Lipinski definition) is 2. The van der Waals surface area contributed by atoms with Crippen molar-refractivity contribution in [2.75, 3.05) is 18.4 Å². The number of anilines is 1. The average molecular weight is 401 g/mol. The van der Waals surface area contributed by atoms with Crippen molar-refractivity contribution >= 4 is 27.5 Å². The van der Waals surface area contributed by atoms with Gasteiger partial charge in [0.1, 0.15) is 0 Å². The summed E-state index contributed by atoms with van der Waals surface area (Å²) in [4.78, 5) is 23.5. The highest BCUT2D eigenvalue weighted by molar-refractivity contribution is 7.89. The number of nitrogens with one attached hydrogen (secondary N) is 1. The Kier molecular flexibility index (Phi) is 6.11. The summed E-state index contributed by atoms with van der Waals surface area (Å²) in [6, 6.07) is 12.8. The third kappa shape index (κ3) is 4.76. The number of benzene rings is 2. The van der Waals surface area contributed by atoms with Crippen molar-refractivity contribution in [1.29, 1.82) is 0 Å². The van der Waals surface area contributed by atoms with Crippen molar-refractivity contribution in [3.8, 4) is 0 Å². The van der Waals surface area contributed by atoms with E-state index in [4.69, 9.17) is 5.73 Å². The molecule has 2 aromatic carbocycles. The molecule has 8 heteroatoms. The van der Waals surface area contributed by atoms with Crippen molar-refractivity contribution in [3.05, 3.63) is 59.7 Å². The molecule has 0 saturated carbocycles. The summed E-state index contributed by atoms with van der Waals surface area (Å²) in [6.45, 7) is 1.08. The Morgan fingerprint density at radius 1 is 0.929 bits per heavy atom. The number of primary amides is 1. The van der Waals surface area contributed by atoms with Crippen molar-refractivity contribution in [1.82, 2.24) is 4.31 Å². The van der Waals surface area contributed by atoms with Gasteiger partial charge in [-0.2, -0.15) is 4.31 Å². The van der Waals surface area contributed by atoms with Gasteiger partial charge in [-0.15, -0.1) is 0 Å². The molecule has 0 bridgehead atoms. The molecule has 1 fully saturated rings. The summed E-state index contributed by atoms with van der Waals surface area (Å²) in [5.41, 5.74) is 6.85. The van der Waals surface area contributed by atoms with Crippen molar-refractivity contribution < 1.29 is 18.0 Å². The lowest BCUT2D eigenvalue weighted by atomic mass is 10.1. The van der Waals surface area contributed by atoms with Gasteiger partial charge in [0.2, 0.25) is 15.9 Å². The van der Waals surface area contributed by atoms with Gasteiger partial charge in [0, 0.05) is 24.3 Å². The molecule has 1 aliphatic heterocycles. The molecule has 0 aliphatic carbocycles. The van der Waals surface area contributed by atoms with Gasteiger partial charge in [-0.25, -0.2) is 8.42 Å². The molecule has 2 aromatic rings.